The van der Waals surface area contributed by atoms with Gasteiger partial charge in [0, 0.05) is 12.4 Å². The highest BCUT2D eigenvalue weighted by Crippen LogP contribution is 2.29. The molecule has 0 aliphatic heterocycles. The fraction of sp³-hybridized carbons (Fsp3) is 0.111. The molecule has 1 aromatic heterocycles. The highest BCUT2D eigenvalue weighted by molar-refractivity contribution is 6.43. The lowest BCUT2D eigenvalue weighted by Gasteiger charge is -2.06. The topological polar surface area (TPSA) is 34.9 Å². The summed E-state index contributed by atoms with van der Waals surface area (Å²) in [6.07, 6.45) is 0. The van der Waals surface area contributed by atoms with Crippen LogP contribution in [0, 0.1) is 0 Å². The molecular formula is C9H5Cl3N2O. The fourth-order valence-electron chi connectivity index (χ4n) is 1.30. The second kappa shape index (κ2) is 3.67. The van der Waals surface area contributed by atoms with E-state index in [4.69, 9.17) is 34.8 Å². The van der Waals surface area contributed by atoms with Crippen molar-refractivity contribution in [2.75, 3.05) is 0 Å². The smallest absolute Gasteiger partial charge is 0.295 e. The molecule has 0 bridgehead atoms. The minimum atomic E-state index is -0.425. The van der Waals surface area contributed by atoms with E-state index in [1.54, 1.807) is 19.2 Å². The number of benzene rings is 1. The molecule has 2 rings (SSSR count). The van der Waals surface area contributed by atoms with Crippen molar-refractivity contribution in [2.24, 2.45) is 7.05 Å². The van der Waals surface area contributed by atoms with Crippen LogP contribution in [0.3, 0.4) is 0 Å². The minimum absolute atomic E-state index is 0.131. The van der Waals surface area contributed by atoms with E-state index < -0.39 is 5.69 Å². The molecule has 0 spiro atoms. The van der Waals surface area contributed by atoms with Crippen LogP contribution in [0.4, 0.5) is 0 Å². The van der Waals surface area contributed by atoms with Crippen molar-refractivity contribution < 1.29 is 0 Å². The second-order valence-electron chi connectivity index (χ2n) is 3.03. The number of fused-ring (bicyclic) bond motifs is 1. The molecule has 0 atom stereocenters. The van der Waals surface area contributed by atoms with Crippen molar-refractivity contribution in [1.29, 1.82) is 0 Å². The van der Waals surface area contributed by atoms with Crippen LogP contribution in [-0.2, 0) is 7.05 Å². The first-order valence-corrected chi connectivity index (χ1v) is 5.15. The predicted molar refractivity (Wildman–Crippen MR) is 62.0 cm³/mol. The maximum absolute atomic E-state index is 11.3. The quantitative estimate of drug-likeness (QED) is 0.685. The molecule has 0 unspecified atom stereocenters. The van der Waals surface area contributed by atoms with Crippen molar-refractivity contribution in [1.82, 2.24) is 9.55 Å². The molecule has 0 aliphatic rings. The van der Waals surface area contributed by atoms with Crippen LogP contribution in [-0.4, -0.2) is 9.55 Å². The molecule has 78 valence electrons. The van der Waals surface area contributed by atoms with Crippen LogP contribution in [0.1, 0.15) is 0 Å². The van der Waals surface area contributed by atoms with Crippen LogP contribution in [0.15, 0.2) is 16.9 Å². The number of nitrogens with zero attached hydrogens (tertiary/aromatic N) is 2. The van der Waals surface area contributed by atoms with E-state index in [9.17, 15) is 4.79 Å². The van der Waals surface area contributed by atoms with Gasteiger partial charge in [0.25, 0.3) is 0 Å². The molecule has 15 heavy (non-hydrogen) atoms. The van der Waals surface area contributed by atoms with Crippen molar-refractivity contribution >= 4 is 45.7 Å². The Balaban J connectivity index is 3.04. The third-order valence-corrected chi connectivity index (χ3v) is 3.11. The van der Waals surface area contributed by atoms with Crippen molar-refractivity contribution in [3.63, 3.8) is 0 Å². The highest BCUT2D eigenvalue weighted by Gasteiger charge is 2.09. The largest absolute Gasteiger partial charge is 0.349 e. The molecule has 0 radical (unpaired) electrons. The number of rotatable bonds is 0. The monoisotopic (exact) mass is 262 g/mol. The van der Waals surface area contributed by atoms with Crippen molar-refractivity contribution in [2.45, 2.75) is 0 Å². The molecule has 1 aromatic carbocycles. The lowest BCUT2D eigenvalue weighted by molar-refractivity contribution is 0.853. The van der Waals surface area contributed by atoms with Crippen molar-refractivity contribution in [3.05, 3.63) is 37.8 Å². The van der Waals surface area contributed by atoms with Gasteiger partial charge < -0.3 is 0 Å². The van der Waals surface area contributed by atoms with E-state index in [1.807, 2.05) is 0 Å². The molecule has 0 amide bonds. The van der Waals surface area contributed by atoms with Gasteiger partial charge in [0.2, 0.25) is 0 Å². The predicted octanol–water partition coefficient (Wildman–Crippen LogP) is 2.89. The summed E-state index contributed by atoms with van der Waals surface area (Å²) in [5.74, 6) is 0. The van der Waals surface area contributed by atoms with Crippen LogP contribution < -0.4 is 5.69 Å². The number of halogens is 3. The maximum atomic E-state index is 11.3. The van der Waals surface area contributed by atoms with Crippen LogP contribution in [0.25, 0.3) is 10.9 Å². The number of hydrogen-bond donors (Lipinski definition) is 0. The average molecular weight is 264 g/mol. The summed E-state index contributed by atoms with van der Waals surface area (Å²) in [6.45, 7) is 0. The summed E-state index contributed by atoms with van der Waals surface area (Å²) < 4.78 is 1.36. The Bertz CT molecular complexity index is 606. The number of hydrogen-bond acceptors (Lipinski definition) is 2. The van der Waals surface area contributed by atoms with Gasteiger partial charge in [-0.25, -0.2) is 4.79 Å². The summed E-state index contributed by atoms with van der Waals surface area (Å²) in [7, 11) is 1.60. The molecule has 0 N–H and O–H groups in total. The highest BCUT2D eigenvalue weighted by atomic mass is 35.5. The Labute approximate surface area is 100 Å². The Morgan fingerprint density at radius 2 is 1.80 bits per heavy atom. The minimum Gasteiger partial charge on any atom is -0.295 e. The molecule has 3 nitrogen and oxygen atoms in total. The van der Waals surface area contributed by atoms with E-state index in [0.717, 1.165) is 0 Å². The van der Waals surface area contributed by atoms with Gasteiger partial charge in [0.15, 0.2) is 0 Å². The van der Waals surface area contributed by atoms with Crippen LogP contribution in [0.5, 0.6) is 0 Å². The summed E-state index contributed by atoms with van der Waals surface area (Å²) in [5.41, 5.74) is 0.181. The lowest BCUT2D eigenvalue weighted by atomic mass is 10.2. The molecule has 0 aliphatic carbocycles. The Kier molecular flexibility index (Phi) is 2.63. The Morgan fingerprint density at radius 3 is 2.47 bits per heavy atom. The zero-order chi connectivity index (χ0) is 11.2. The Morgan fingerprint density at radius 1 is 1.20 bits per heavy atom. The Hall–Kier alpha value is -0.770. The van der Waals surface area contributed by atoms with E-state index in [-0.39, 0.29) is 5.15 Å². The van der Waals surface area contributed by atoms with Gasteiger partial charge in [-0.05, 0) is 12.1 Å². The summed E-state index contributed by atoms with van der Waals surface area (Å²) in [6, 6.07) is 3.18. The standard InChI is InChI=1S/C9H5Cl3N2O/c1-14-7-3-6(11)5(10)2-4(7)8(12)13-9(14)15/h2-3H,1H3. The zero-order valence-electron chi connectivity index (χ0n) is 7.59. The zero-order valence-corrected chi connectivity index (χ0v) is 9.86. The number of aromatic nitrogens is 2. The maximum Gasteiger partial charge on any atom is 0.349 e. The molecule has 0 saturated heterocycles. The second-order valence-corrected chi connectivity index (χ2v) is 4.20. The SMILES string of the molecule is Cn1c(=O)nc(Cl)c2cc(Cl)c(Cl)cc21. The van der Waals surface area contributed by atoms with Gasteiger partial charge in [-0.2, -0.15) is 4.98 Å². The van der Waals surface area contributed by atoms with E-state index in [0.29, 0.717) is 20.9 Å². The molecule has 1 heterocycles. The normalized spacial score (nSPS) is 10.9. The van der Waals surface area contributed by atoms with Gasteiger partial charge in [-0.3, -0.25) is 4.57 Å². The van der Waals surface area contributed by atoms with E-state index in [1.165, 1.54) is 4.57 Å². The third kappa shape index (κ3) is 1.71. The number of aryl methyl sites for hydroxylation is 1. The van der Waals surface area contributed by atoms with Crippen molar-refractivity contribution in [3.8, 4) is 0 Å². The lowest BCUT2D eigenvalue weighted by Crippen LogP contribution is -2.20. The molecule has 2 aromatic rings. The van der Waals surface area contributed by atoms with Crippen LogP contribution >= 0.6 is 34.8 Å². The van der Waals surface area contributed by atoms with E-state index in [2.05, 4.69) is 4.98 Å². The van der Waals surface area contributed by atoms with E-state index >= 15 is 0 Å². The summed E-state index contributed by atoms with van der Waals surface area (Å²) >= 11 is 17.5. The first kappa shape index (κ1) is 10.7. The molecule has 6 heteroatoms. The first-order valence-electron chi connectivity index (χ1n) is 4.02. The van der Waals surface area contributed by atoms with Gasteiger partial charge in [-0.15, -0.1) is 0 Å². The molecule has 0 fully saturated rings. The van der Waals surface area contributed by atoms with Crippen LogP contribution in [0.2, 0.25) is 15.2 Å². The fourth-order valence-corrected chi connectivity index (χ4v) is 1.85. The van der Waals surface area contributed by atoms with Gasteiger partial charge in [0.1, 0.15) is 5.15 Å². The first-order chi connectivity index (χ1) is 7.00. The van der Waals surface area contributed by atoms with Gasteiger partial charge in [0.05, 0.1) is 15.6 Å². The summed E-state index contributed by atoms with van der Waals surface area (Å²) in [4.78, 5) is 15.0. The average Bonchev–Trinajstić information content (AvgIpc) is 2.18. The summed E-state index contributed by atoms with van der Waals surface area (Å²) in [5, 5.41) is 1.49. The molecular weight excluding hydrogens is 258 g/mol. The molecule has 0 saturated carbocycles. The van der Waals surface area contributed by atoms with Gasteiger partial charge in [-0.1, -0.05) is 34.8 Å². The van der Waals surface area contributed by atoms with Gasteiger partial charge >= 0.3 is 5.69 Å². The third-order valence-electron chi connectivity index (χ3n) is 2.10.